The Morgan fingerprint density at radius 3 is 1.86 bits per heavy atom. The van der Waals surface area contributed by atoms with Gasteiger partial charge in [0, 0.05) is 0 Å². The van der Waals surface area contributed by atoms with E-state index in [2.05, 4.69) is 214 Å². The minimum Gasteiger partial charge on any atom is -1.00 e. The van der Waals surface area contributed by atoms with Crippen molar-refractivity contribution < 1.29 is 47.2 Å². The maximum absolute atomic E-state index is 2.83. The maximum Gasteiger partial charge on any atom is -1.00 e. The predicted octanol–water partition coefficient (Wildman–Crippen LogP) is 8.20. The van der Waals surface area contributed by atoms with Crippen molar-refractivity contribution in [2.24, 2.45) is 27.1 Å². The minimum absolute atomic E-state index is 0. The number of rotatable bonds is 8. The third-order valence-corrected chi connectivity index (χ3v) is 34.5. The monoisotopic (exact) mass is 960 g/mol. The van der Waals surface area contributed by atoms with Crippen LogP contribution in [0.15, 0.2) is 168 Å². The van der Waals surface area contributed by atoms with Gasteiger partial charge < -0.3 is 24.8 Å². The molecule has 0 spiro atoms. The first kappa shape index (κ1) is 46.3. The van der Waals surface area contributed by atoms with Crippen molar-refractivity contribution in [3.8, 4) is 11.1 Å². The van der Waals surface area contributed by atoms with E-state index in [1.165, 1.54) is 34.2 Å². The second-order valence-electron chi connectivity index (χ2n) is 21.0. The molecule has 5 aliphatic rings. The molecular formula is C59H64Cl2SiZr. The Morgan fingerprint density at radius 1 is 0.635 bits per heavy atom. The van der Waals surface area contributed by atoms with Gasteiger partial charge in [-0.15, -0.1) is 0 Å². The molecule has 0 amide bonds. The first-order valence-corrected chi connectivity index (χ1v) is 30.5. The van der Waals surface area contributed by atoms with Crippen LogP contribution in [0.1, 0.15) is 116 Å². The molecule has 63 heavy (non-hydrogen) atoms. The zero-order valence-corrected chi connectivity index (χ0v) is 44.0. The molecule has 1 saturated carbocycles. The molecule has 5 aromatic rings. The van der Waals surface area contributed by atoms with E-state index in [1.54, 1.807) is 38.2 Å². The van der Waals surface area contributed by atoms with Crippen molar-refractivity contribution in [2.75, 3.05) is 0 Å². The Morgan fingerprint density at radius 2 is 1.22 bits per heavy atom. The first-order chi connectivity index (χ1) is 29.3. The van der Waals surface area contributed by atoms with E-state index in [1.807, 2.05) is 5.57 Å². The van der Waals surface area contributed by atoms with E-state index in [4.69, 9.17) is 0 Å². The molecule has 10 rings (SSSR count). The number of hydrogen-bond donors (Lipinski definition) is 0. The molecule has 322 valence electrons. The Labute approximate surface area is 403 Å². The van der Waals surface area contributed by atoms with Gasteiger partial charge in [0.05, 0.1) is 0 Å². The maximum atomic E-state index is 2.83. The van der Waals surface area contributed by atoms with Crippen LogP contribution in [-0.4, -0.2) is 5.92 Å². The summed E-state index contributed by atoms with van der Waals surface area (Å²) in [7, 11) is 0. The fourth-order valence-electron chi connectivity index (χ4n) is 14.1. The third-order valence-electron chi connectivity index (χ3n) is 18.4. The average Bonchev–Trinajstić information content (AvgIpc) is 3.84. The molecule has 1 fully saturated rings. The zero-order valence-electron chi connectivity index (χ0n) is 38.9. The van der Waals surface area contributed by atoms with Gasteiger partial charge in [0.1, 0.15) is 0 Å². The van der Waals surface area contributed by atoms with Crippen molar-refractivity contribution >= 4 is 27.9 Å². The van der Waals surface area contributed by atoms with Crippen LogP contribution in [0.4, 0.5) is 0 Å². The Hall–Kier alpha value is -3.26. The number of fused-ring (bicyclic) bond motifs is 7. The van der Waals surface area contributed by atoms with Crippen molar-refractivity contribution in [3.05, 3.63) is 190 Å². The van der Waals surface area contributed by atoms with Gasteiger partial charge in [0.2, 0.25) is 0 Å². The molecule has 4 unspecified atom stereocenters. The van der Waals surface area contributed by atoms with Crippen LogP contribution in [0.25, 0.3) is 22.8 Å². The van der Waals surface area contributed by atoms with Crippen LogP contribution < -0.4 is 35.2 Å². The van der Waals surface area contributed by atoms with Gasteiger partial charge >= 0.3 is 382 Å². The number of halogens is 2. The smallest absolute Gasteiger partial charge is 1.00 e. The molecule has 0 radical (unpaired) electrons. The van der Waals surface area contributed by atoms with Crippen LogP contribution in [0.5, 0.6) is 0 Å². The second-order valence-corrected chi connectivity index (χ2v) is 31.8. The van der Waals surface area contributed by atoms with Crippen molar-refractivity contribution in [1.82, 2.24) is 0 Å². The van der Waals surface area contributed by atoms with Gasteiger partial charge in [0.25, 0.3) is 0 Å². The Kier molecular flexibility index (Phi) is 12.2. The quantitative estimate of drug-likeness (QED) is 0.138. The van der Waals surface area contributed by atoms with Crippen LogP contribution in [-0.2, 0) is 28.8 Å². The van der Waals surface area contributed by atoms with Gasteiger partial charge in [-0.3, -0.25) is 0 Å². The summed E-state index contributed by atoms with van der Waals surface area (Å²) in [5, 5.41) is 3.27. The molecule has 0 nitrogen and oxygen atoms in total. The largest absolute Gasteiger partial charge is 1.00 e. The molecule has 0 saturated heterocycles. The molecule has 5 aliphatic carbocycles. The van der Waals surface area contributed by atoms with Gasteiger partial charge in [0.15, 0.2) is 0 Å². The van der Waals surface area contributed by atoms with E-state index in [-0.39, 0.29) is 55.0 Å². The Bertz CT molecular complexity index is 2630. The van der Waals surface area contributed by atoms with E-state index in [0.29, 0.717) is 5.92 Å². The summed E-state index contributed by atoms with van der Waals surface area (Å²) in [6.45, 7) is 24.5. The summed E-state index contributed by atoms with van der Waals surface area (Å²) in [5.41, 5.74) is 17.1. The Balaban J connectivity index is 0.00000272. The summed E-state index contributed by atoms with van der Waals surface area (Å²) in [5.74, 6) is -1.45. The molecule has 0 heterocycles. The standard InChI is InChI=1S/C47H53.C12H11Si.2ClH.Zr/c1-10-19-32-29-36-33(30-20-12-11-13-21-30)24-18-25-35(36)39(32)42-41-37-28-31-22-14-15-23-34(31)40(37)38-26-16-17-27-46(38,8)47(41,9)45(6,7)44(4,5)43(42,2)3;1-3-7-11(8-4-1)13-12-9-5-2-6-10-12;;;/h11-16,18,20-26,29,39H,10,17,19,27-28H2,1-9H3;1-10,13H;2*1H;/q;;;;+2/p-2. The molecule has 0 N–H and O–H groups in total. The summed E-state index contributed by atoms with van der Waals surface area (Å²) >= 11 is -1.51. The summed E-state index contributed by atoms with van der Waals surface area (Å²) < 4.78 is -0.0629. The van der Waals surface area contributed by atoms with Crippen molar-refractivity contribution in [1.29, 1.82) is 0 Å². The normalized spacial score (nSPS) is 26.6. The third kappa shape index (κ3) is 6.19. The van der Waals surface area contributed by atoms with E-state index in [0.717, 1.165) is 25.7 Å². The molecule has 4 heteroatoms. The van der Waals surface area contributed by atoms with E-state index in [9.17, 15) is 0 Å². The van der Waals surface area contributed by atoms with Crippen molar-refractivity contribution in [3.63, 3.8) is 0 Å². The minimum atomic E-state index is -1.76. The van der Waals surface area contributed by atoms with Gasteiger partial charge in [-0.1, -0.05) is 0 Å². The fraction of sp³-hybridized carbons (Fsp3) is 0.356. The summed E-state index contributed by atoms with van der Waals surface area (Å²) in [4.78, 5) is 0. The molecule has 0 aliphatic heterocycles. The number of allylic oxidation sites excluding steroid dienone is 7. The SMILES string of the molecule is CCCC1=Cc2c(-c3ccccc3)cccc2C1[C]1([Zr+2][SiH](c2ccccc2)c2ccccc2)C2=C3Cc4ccccc4C3=C3C=CCCC3(C)C2(C)C(C)(C)C(C)(C)C1(C)C.[Cl-].[Cl-]. The van der Waals surface area contributed by atoms with Crippen LogP contribution in [0, 0.1) is 27.1 Å². The predicted molar refractivity (Wildman–Crippen MR) is 260 cm³/mol. The molecule has 0 aromatic heterocycles. The van der Waals surface area contributed by atoms with Crippen LogP contribution >= 0.6 is 0 Å². The average molecular weight is 963 g/mol. The van der Waals surface area contributed by atoms with Crippen LogP contribution in [0.2, 0.25) is 3.12 Å². The topological polar surface area (TPSA) is 0 Å². The van der Waals surface area contributed by atoms with E-state index >= 15 is 0 Å². The molecule has 5 aromatic carbocycles. The van der Waals surface area contributed by atoms with E-state index < -0.39 is 28.3 Å². The fourth-order valence-corrected chi connectivity index (χ4v) is 33.4. The number of benzene rings is 5. The summed E-state index contributed by atoms with van der Waals surface area (Å²) in [6, 6.07) is 52.2. The molecule has 4 atom stereocenters. The van der Waals surface area contributed by atoms with Gasteiger partial charge in [-0.05, 0) is 0 Å². The zero-order chi connectivity index (χ0) is 42.6. The summed E-state index contributed by atoms with van der Waals surface area (Å²) in [6.07, 6.45) is 13.5. The van der Waals surface area contributed by atoms with Crippen LogP contribution in [0.3, 0.4) is 0 Å². The molecule has 0 bridgehead atoms. The first-order valence-electron chi connectivity index (χ1n) is 23.3. The van der Waals surface area contributed by atoms with Gasteiger partial charge in [-0.2, -0.15) is 0 Å². The number of hydrogen-bond acceptors (Lipinski definition) is 0. The molecular weight excluding hydrogens is 899 g/mol. The van der Waals surface area contributed by atoms with Crippen molar-refractivity contribution in [2.45, 2.75) is 103 Å². The second kappa shape index (κ2) is 16.6. The van der Waals surface area contributed by atoms with Gasteiger partial charge in [-0.25, -0.2) is 0 Å².